The zero-order valence-corrected chi connectivity index (χ0v) is 30.0. The standard InChI is InChI=1S/C37H55N7O6/c1-5-10-26(31(46)35(49)40-24-15-16-24)41-29(45)19-28-25-14-9-13-23(25)21-44(28)36(50)32(37(2,3)4)43-34(48)30(22-11-7-6-8-12-22)42-33(47)27-20-38-17-18-39-27/h17-18,20,22-26,28,30,32H,5-16,19,21H2,1-4H3,(H,40,49)(H,41,45)(H,42,47)(H,43,48)/t23-,25-,26-,28-,30-,32+/m0/s1. The lowest BCUT2D eigenvalue weighted by Gasteiger charge is -2.38. The molecule has 1 aromatic heterocycles. The Kier molecular flexibility index (Phi) is 12.3. The number of nitrogens with zero attached hydrogens (tertiary/aromatic N) is 3. The van der Waals surface area contributed by atoms with Gasteiger partial charge < -0.3 is 26.2 Å². The Hall–Kier alpha value is -3.90. The Bertz CT molecular complexity index is 1400. The van der Waals surface area contributed by atoms with Gasteiger partial charge in [-0.2, -0.15) is 0 Å². The lowest BCUT2D eigenvalue weighted by atomic mass is 9.82. The van der Waals surface area contributed by atoms with Crippen LogP contribution in [0.4, 0.5) is 0 Å². The first-order valence-corrected chi connectivity index (χ1v) is 18.7. The molecule has 50 heavy (non-hydrogen) atoms. The van der Waals surface area contributed by atoms with Gasteiger partial charge >= 0.3 is 0 Å². The van der Waals surface area contributed by atoms with Gasteiger partial charge in [0.1, 0.15) is 17.8 Å². The van der Waals surface area contributed by atoms with E-state index in [1.807, 2.05) is 27.7 Å². The molecule has 6 atom stereocenters. The van der Waals surface area contributed by atoms with Gasteiger partial charge in [-0.3, -0.25) is 33.8 Å². The number of likely N-dealkylation sites (tertiary alicyclic amines) is 1. The van der Waals surface area contributed by atoms with E-state index in [1.54, 1.807) is 4.90 Å². The average molecular weight is 694 g/mol. The molecule has 13 heteroatoms. The van der Waals surface area contributed by atoms with Crippen molar-refractivity contribution in [3.05, 3.63) is 24.3 Å². The molecule has 0 radical (unpaired) electrons. The third-order valence-electron chi connectivity index (χ3n) is 11.0. The van der Waals surface area contributed by atoms with Crippen molar-refractivity contribution in [2.24, 2.45) is 23.2 Å². The van der Waals surface area contributed by atoms with Crippen LogP contribution in [0.3, 0.4) is 0 Å². The predicted molar refractivity (Wildman–Crippen MR) is 185 cm³/mol. The number of hydrogen-bond acceptors (Lipinski definition) is 8. The molecule has 5 rings (SSSR count). The Labute approximate surface area is 295 Å². The van der Waals surface area contributed by atoms with Gasteiger partial charge in [-0.05, 0) is 68.1 Å². The van der Waals surface area contributed by atoms with E-state index in [2.05, 4.69) is 31.2 Å². The van der Waals surface area contributed by atoms with Crippen molar-refractivity contribution in [3.8, 4) is 0 Å². The third kappa shape index (κ3) is 9.25. The molecule has 2 heterocycles. The first-order valence-electron chi connectivity index (χ1n) is 18.7. The van der Waals surface area contributed by atoms with E-state index in [9.17, 15) is 28.8 Å². The monoisotopic (exact) mass is 693 g/mol. The first kappa shape index (κ1) is 37.4. The topological polar surface area (TPSA) is 180 Å². The van der Waals surface area contributed by atoms with Crippen molar-refractivity contribution < 1.29 is 28.8 Å². The van der Waals surface area contributed by atoms with E-state index >= 15 is 0 Å². The number of carbonyl (C=O) groups is 6. The van der Waals surface area contributed by atoms with Gasteiger partial charge in [-0.25, -0.2) is 4.98 Å². The van der Waals surface area contributed by atoms with E-state index in [4.69, 9.17) is 0 Å². The van der Waals surface area contributed by atoms with Gasteiger partial charge in [-0.15, -0.1) is 0 Å². The average Bonchev–Trinajstić information content (AvgIpc) is 3.68. The molecule has 0 spiro atoms. The maximum absolute atomic E-state index is 14.6. The zero-order chi connectivity index (χ0) is 36.0. The molecule has 1 saturated heterocycles. The summed E-state index contributed by atoms with van der Waals surface area (Å²) >= 11 is 0. The third-order valence-corrected chi connectivity index (χ3v) is 11.0. The summed E-state index contributed by atoms with van der Waals surface area (Å²) in [5.74, 6) is -2.56. The first-order chi connectivity index (χ1) is 23.9. The molecule has 4 aliphatic rings. The summed E-state index contributed by atoms with van der Waals surface area (Å²) in [6, 6.07) is -3.07. The molecule has 4 N–H and O–H groups in total. The summed E-state index contributed by atoms with van der Waals surface area (Å²) in [5, 5.41) is 11.5. The minimum absolute atomic E-state index is 0.00826. The van der Waals surface area contributed by atoms with Crippen molar-refractivity contribution in [2.75, 3.05) is 6.54 Å². The van der Waals surface area contributed by atoms with Crippen LogP contribution in [-0.2, 0) is 24.0 Å². The summed E-state index contributed by atoms with van der Waals surface area (Å²) in [7, 11) is 0. The minimum Gasteiger partial charge on any atom is -0.347 e. The normalized spacial score (nSPS) is 24.0. The fourth-order valence-electron chi connectivity index (χ4n) is 8.12. The summed E-state index contributed by atoms with van der Waals surface area (Å²) < 4.78 is 0. The van der Waals surface area contributed by atoms with Crippen LogP contribution in [-0.4, -0.2) is 86.9 Å². The second-order valence-corrected chi connectivity index (χ2v) is 15.9. The van der Waals surface area contributed by atoms with Crippen LogP contribution in [0.25, 0.3) is 0 Å². The van der Waals surface area contributed by atoms with Crippen molar-refractivity contribution in [3.63, 3.8) is 0 Å². The van der Waals surface area contributed by atoms with E-state index < -0.39 is 53.1 Å². The van der Waals surface area contributed by atoms with Crippen molar-refractivity contribution >= 4 is 35.3 Å². The van der Waals surface area contributed by atoms with Crippen LogP contribution >= 0.6 is 0 Å². The Morgan fingerprint density at radius 3 is 2.28 bits per heavy atom. The van der Waals surface area contributed by atoms with Gasteiger partial charge in [0, 0.05) is 37.4 Å². The molecular weight excluding hydrogens is 638 g/mol. The second-order valence-electron chi connectivity index (χ2n) is 15.9. The van der Waals surface area contributed by atoms with E-state index in [0.29, 0.717) is 19.4 Å². The number of Topliss-reactive ketones (excluding diaryl/α,β-unsaturated/α-hetero) is 1. The lowest BCUT2D eigenvalue weighted by molar-refractivity contribution is -0.142. The van der Waals surface area contributed by atoms with Crippen molar-refractivity contribution in [1.29, 1.82) is 0 Å². The maximum atomic E-state index is 14.6. The molecule has 274 valence electrons. The molecule has 3 aliphatic carbocycles. The molecule has 1 aliphatic heterocycles. The zero-order valence-electron chi connectivity index (χ0n) is 30.0. The number of nitrogens with one attached hydrogen (secondary N) is 4. The fraction of sp³-hybridized carbons (Fsp3) is 0.730. The molecule has 5 amide bonds. The lowest BCUT2D eigenvalue weighted by Crippen LogP contribution is -2.61. The van der Waals surface area contributed by atoms with Crippen LogP contribution in [0.1, 0.15) is 122 Å². The summed E-state index contributed by atoms with van der Waals surface area (Å²) in [5.41, 5.74) is -0.572. The van der Waals surface area contributed by atoms with E-state index in [-0.39, 0.29) is 47.7 Å². The highest BCUT2D eigenvalue weighted by molar-refractivity contribution is 6.38. The van der Waals surface area contributed by atoms with Crippen LogP contribution in [0.2, 0.25) is 0 Å². The Morgan fingerprint density at radius 1 is 0.900 bits per heavy atom. The number of rotatable bonds is 14. The van der Waals surface area contributed by atoms with Crippen molar-refractivity contribution in [2.45, 2.75) is 141 Å². The number of aromatic nitrogens is 2. The molecule has 1 aromatic rings. The summed E-state index contributed by atoms with van der Waals surface area (Å²) in [4.78, 5) is 90.9. The highest BCUT2D eigenvalue weighted by atomic mass is 16.2. The number of hydrogen-bond donors (Lipinski definition) is 4. The molecular formula is C37H55N7O6. The molecule has 0 unspecified atom stereocenters. The number of ketones is 1. The van der Waals surface area contributed by atoms with Gasteiger partial charge in [0.2, 0.25) is 23.5 Å². The van der Waals surface area contributed by atoms with Crippen LogP contribution < -0.4 is 21.3 Å². The maximum Gasteiger partial charge on any atom is 0.289 e. The molecule has 3 saturated carbocycles. The predicted octanol–water partition coefficient (Wildman–Crippen LogP) is 2.84. The van der Waals surface area contributed by atoms with Crippen LogP contribution in [0, 0.1) is 23.2 Å². The highest BCUT2D eigenvalue weighted by Crippen LogP contribution is 2.44. The summed E-state index contributed by atoms with van der Waals surface area (Å²) in [6.45, 7) is 8.08. The molecule has 13 nitrogen and oxygen atoms in total. The molecule has 0 bridgehead atoms. The second kappa shape index (κ2) is 16.4. The Balaban J connectivity index is 1.32. The SMILES string of the molecule is CCC[C@H](NC(=O)C[C@H]1[C@H]2CCC[C@H]2CN1C(=O)[C@@H](NC(=O)[C@@H](NC(=O)c1cnccn1)C1CCCCC1)C(C)(C)C)C(=O)C(=O)NC1CC1. The number of carbonyl (C=O) groups excluding carboxylic acids is 6. The van der Waals surface area contributed by atoms with Gasteiger partial charge in [-0.1, -0.05) is 59.8 Å². The molecule has 0 aromatic carbocycles. The number of fused-ring (bicyclic) bond motifs is 1. The van der Waals surface area contributed by atoms with Crippen LogP contribution in [0.15, 0.2) is 18.6 Å². The fourth-order valence-corrected chi connectivity index (χ4v) is 8.12. The van der Waals surface area contributed by atoms with Crippen LogP contribution in [0.5, 0.6) is 0 Å². The Morgan fingerprint density at radius 2 is 1.64 bits per heavy atom. The largest absolute Gasteiger partial charge is 0.347 e. The minimum atomic E-state index is -0.924. The highest BCUT2D eigenvalue weighted by Gasteiger charge is 2.50. The van der Waals surface area contributed by atoms with Gasteiger partial charge in [0.15, 0.2) is 0 Å². The summed E-state index contributed by atoms with van der Waals surface area (Å²) in [6.07, 6.45) is 14.3. The molecule has 4 fully saturated rings. The van der Waals surface area contributed by atoms with Crippen molar-refractivity contribution in [1.82, 2.24) is 36.1 Å². The van der Waals surface area contributed by atoms with E-state index in [1.165, 1.54) is 18.6 Å². The van der Waals surface area contributed by atoms with Gasteiger partial charge in [0.25, 0.3) is 11.8 Å². The smallest absolute Gasteiger partial charge is 0.289 e. The van der Waals surface area contributed by atoms with E-state index in [0.717, 1.165) is 64.2 Å². The number of amides is 5. The quantitative estimate of drug-likeness (QED) is 0.215. The van der Waals surface area contributed by atoms with Gasteiger partial charge in [0.05, 0.1) is 12.2 Å².